The molecule has 1 aromatic heterocycles. The average Bonchev–Trinajstić information content (AvgIpc) is 2.18. The van der Waals surface area contributed by atoms with Crippen LogP contribution in [0.1, 0.15) is 11.3 Å². The van der Waals surface area contributed by atoms with Crippen molar-refractivity contribution in [3.8, 4) is 6.07 Å². The zero-order valence-electron chi connectivity index (χ0n) is 7.66. The van der Waals surface area contributed by atoms with E-state index in [9.17, 15) is 0 Å². The minimum atomic E-state index is 0.220. The molecule has 0 atom stereocenters. The van der Waals surface area contributed by atoms with Crippen molar-refractivity contribution in [2.75, 3.05) is 13.9 Å². The van der Waals surface area contributed by atoms with Crippen LogP contribution in [0.2, 0.25) is 5.02 Å². The highest BCUT2D eigenvalue weighted by Gasteiger charge is 2.02. The molecule has 4 nitrogen and oxygen atoms in total. The fourth-order valence-corrected chi connectivity index (χ4v) is 1.11. The van der Waals surface area contributed by atoms with Gasteiger partial charge in [0.25, 0.3) is 0 Å². The molecule has 74 valence electrons. The molecule has 0 bridgehead atoms. The van der Waals surface area contributed by atoms with E-state index in [1.165, 1.54) is 0 Å². The molecular weight excluding hydrogens is 204 g/mol. The van der Waals surface area contributed by atoms with Gasteiger partial charge in [-0.1, -0.05) is 11.6 Å². The predicted molar refractivity (Wildman–Crippen MR) is 50.6 cm³/mol. The summed E-state index contributed by atoms with van der Waals surface area (Å²) in [5.74, 6) is 0. The Kier molecular flexibility index (Phi) is 4.33. The first kappa shape index (κ1) is 10.9. The van der Waals surface area contributed by atoms with Crippen molar-refractivity contribution in [2.24, 2.45) is 0 Å². The van der Waals surface area contributed by atoms with Crippen LogP contribution in [-0.2, 0) is 16.1 Å². The SMILES string of the molecule is COCOCc1cnc(C#N)c(Cl)c1. The lowest BCUT2D eigenvalue weighted by atomic mass is 10.2. The van der Waals surface area contributed by atoms with Gasteiger partial charge in [-0.2, -0.15) is 5.26 Å². The van der Waals surface area contributed by atoms with Crippen LogP contribution in [0.5, 0.6) is 0 Å². The zero-order valence-corrected chi connectivity index (χ0v) is 8.41. The Morgan fingerprint density at radius 1 is 1.64 bits per heavy atom. The van der Waals surface area contributed by atoms with Crippen LogP contribution in [-0.4, -0.2) is 18.9 Å². The molecule has 0 aliphatic rings. The Hall–Kier alpha value is -1.15. The number of halogens is 1. The zero-order chi connectivity index (χ0) is 10.4. The van der Waals surface area contributed by atoms with Gasteiger partial charge >= 0.3 is 0 Å². The second kappa shape index (κ2) is 5.55. The average molecular weight is 213 g/mol. The van der Waals surface area contributed by atoms with Crippen LogP contribution in [0, 0.1) is 11.3 Å². The molecule has 5 heteroatoms. The van der Waals surface area contributed by atoms with Crippen molar-refractivity contribution in [3.63, 3.8) is 0 Å². The highest BCUT2D eigenvalue weighted by Crippen LogP contribution is 2.14. The maximum absolute atomic E-state index is 8.58. The highest BCUT2D eigenvalue weighted by molar-refractivity contribution is 6.31. The summed E-state index contributed by atoms with van der Waals surface area (Å²) in [6, 6.07) is 3.54. The van der Waals surface area contributed by atoms with Crippen molar-refractivity contribution in [2.45, 2.75) is 6.61 Å². The van der Waals surface area contributed by atoms with E-state index in [1.54, 1.807) is 19.4 Å². The van der Waals surface area contributed by atoms with Gasteiger partial charge in [-0.05, 0) is 11.6 Å². The molecule has 0 amide bonds. The Morgan fingerprint density at radius 2 is 2.43 bits per heavy atom. The normalized spacial score (nSPS) is 9.79. The third kappa shape index (κ3) is 2.96. The lowest BCUT2D eigenvalue weighted by Crippen LogP contribution is -1.98. The first-order valence-electron chi connectivity index (χ1n) is 3.89. The highest BCUT2D eigenvalue weighted by atomic mass is 35.5. The van der Waals surface area contributed by atoms with Gasteiger partial charge in [-0.15, -0.1) is 0 Å². The maximum atomic E-state index is 8.58. The van der Waals surface area contributed by atoms with Gasteiger partial charge in [-0.3, -0.25) is 0 Å². The van der Waals surface area contributed by atoms with Crippen molar-refractivity contribution in [3.05, 3.63) is 28.5 Å². The molecule has 1 rings (SSSR count). The van der Waals surface area contributed by atoms with Crippen molar-refractivity contribution < 1.29 is 9.47 Å². The van der Waals surface area contributed by atoms with E-state index in [4.69, 9.17) is 26.3 Å². The smallest absolute Gasteiger partial charge is 0.159 e. The second-order valence-corrected chi connectivity index (χ2v) is 2.95. The molecule has 0 spiro atoms. The third-order valence-electron chi connectivity index (χ3n) is 1.47. The summed E-state index contributed by atoms with van der Waals surface area (Å²) < 4.78 is 9.80. The predicted octanol–water partition coefficient (Wildman–Crippen LogP) is 1.73. The molecule has 0 saturated carbocycles. The quantitative estimate of drug-likeness (QED) is 0.563. The monoisotopic (exact) mass is 212 g/mol. The molecule has 0 aromatic carbocycles. The maximum Gasteiger partial charge on any atom is 0.159 e. The van der Waals surface area contributed by atoms with E-state index >= 15 is 0 Å². The van der Waals surface area contributed by atoms with E-state index in [0.717, 1.165) is 5.56 Å². The van der Waals surface area contributed by atoms with Crippen molar-refractivity contribution in [1.82, 2.24) is 4.98 Å². The van der Waals surface area contributed by atoms with Crippen molar-refractivity contribution in [1.29, 1.82) is 5.26 Å². The number of hydrogen-bond donors (Lipinski definition) is 0. The summed E-state index contributed by atoms with van der Waals surface area (Å²) in [5, 5.41) is 8.91. The summed E-state index contributed by atoms with van der Waals surface area (Å²) in [5.41, 5.74) is 1.04. The molecule has 1 aromatic rings. The summed E-state index contributed by atoms with van der Waals surface area (Å²) in [7, 11) is 1.55. The van der Waals surface area contributed by atoms with Crippen LogP contribution in [0.4, 0.5) is 0 Å². The number of nitrogens with zero attached hydrogens (tertiary/aromatic N) is 2. The van der Waals surface area contributed by atoms with E-state index in [1.807, 2.05) is 6.07 Å². The third-order valence-corrected chi connectivity index (χ3v) is 1.76. The number of hydrogen-bond acceptors (Lipinski definition) is 4. The Labute approximate surface area is 87.0 Å². The van der Waals surface area contributed by atoms with Gasteiger partial charge < -0.3 is 9.47 Å². The van der Waals surface area contributed by atoms with E-state index in [0.29, 0.717) is 11.6 Å². The minimum absolute atomic E-state index is 0.220. The molecule has 0 fully saturated rings. The van der Waals surface area contributed by atoms with Gasteiger partial charge in [0.05, 0.1) is 11.6 Å². The van der Waals surface area contributed by atoms with E-state index in [-0.39, 0.29) is 12.5 Å². The number of ether oxygens (including phenoxy) is 2. The molecule has 0 radical (unpaired) electrons. The summed E-state index contributed by atoms with van der Waals surface area (Å²) in [6.07, 6.45) is 1.56. The van der Waals surface area contributed by atoms with Crippen LogP contribution in [0.3, 0.4) is 0 Å². The standard InChI is InChI=1S/C9H9ClN2O2/c1-13-6-14-5-7-2-8(10)9(3-11)12-4-7/h2,4H,5-6H2,1H3. The summed E-state index contributed by atoms with van der Waals surface area (Å²) in [4.78, 5) is 3.86. The number of pyridine rings is 1. The number of methoxy groups -OCH3 is 1. The fraction of sp³-hybridized carbons (Fsp3) is 0.333. The Morgan fingerprint density at radius 3 is 3.00 bits per heavy atom. The Bertz CT molecular complexity index is 349. The molecule has 1 heterocycles. The van der Waals surface area contributed by atoms with E-state index < -0.39 is 0 Å². The molecule has 0 aliphatic heterocycles. The lowest BCUT2D eigenvalue weighted by molar-refractivity contribution is -0.0391. The molecule has 0 saturated heterocycles. The second-order valence-electron chi connectivity index (χ2n) is 2.54. The largest absolute Gasteiger partial charge is 0.359 e. The molecule has 0 aliphatic carbocycles. The molecule has 14 heavy (non-hydrogen) atoms. The first-order chi connectivity index (χ1) is 6.77. The van der Waals surface area contributed by atoms with Gasteiger partial charge in [0.15, 0.2) is 5.69 Å². The number of nitriles is 1. The molecular formula is C9H9ClN2O2. The van der Waals surface area contributed by atoms with Crippen LogP contribution < -0.4 is 0 Å². The number of aromatic nitrogens is 1. The molecule has 0 N–H and O–H groups in total. The topological polar surface area (TPSA) is 55.1 Å². The first-order valence-corrected chi connectivity index (χ1v) is 4.27. The summed E-state index contributed by atoms with van der Waals surface area (Å²) >= 11 is 5.77. The molecule has 0 unspecified atom stereocenters. The summed E-state index contributed by atoms with van der Waals surface area (Å²) in [6.45, 7) is 0.587. The lowest BCUT2D eigenvalue weighted by Gasteiger charge is -2.03. The fourth-order valence-electron chi connectivity index (χ4n) is 0.882. The van der Waals surface area contributed by atoms with Crippen molar-refractivity contribution >= 4 is 11.6 Å². The van der Waals surface area contributed by atoms with Gasteiger partial charge in [0.2, 0.25) is 0 Å². The van der Waals surface area contributed by atoms with Crippen LogP contribution in [0.15, 0.2) is 12.3 Å². The van der Waals surface area contributed by atoms with Crippen LogP contribution in [0.25, 0.3) is 0 Å². The van der Waals surface area contributed by atoms with E-state index in [2.05, 4.69) is 4.98 Å². The van der Waals surface area contributed by atoms with Crippen LogP contribution >= 0.6 is 11.6 Å². The minimum Gasteiger partial charge on any atom is -0.359 e. The van der Waals surface area contributed by atoms with Gasteiger partial charge in [0.1, 0.15) is 12.9 Å². The number of rotatable bonds is 4. The van der Waals surface area contributed by atoms with Gasteiger partial charge in [-0.25, -0.2) is 4.98 Å². The Balaban J connectivity index is 2.63. The van der Waals surface area contributed by atoms with Gasteiger partial charge in [0, 0.05) is 13.3 Å².